The molecule has 2 aliphatic heterocycles. The second-order valence-electron chi connectivity index (χ2n) is 9.33. The van der Waals surface area contributed by atoms with Gasteiger partial charge in [0.15, 0.2) is 0 Å². The summed E-state index contributed by atoms with van der Waals surface area (Å²) in [5.41, 5.74) is 4.45. The van der Waals surface area contributed by atoms with Crippen LogP contribution in [0.4, 0.5) is 0 Å². The van der Waals surface area contributed by atoms with Crippen molar-refractivity contribution < 1.29 is 14.6 Å². The van der Waals surface area contributed by atoms with Crippen molar-refractivity contribution in [3.63, 3.8) is 0 Å². The number of aliphatic hydroxyl groups is 1. The Kier molecular flexibility index (Phi) is 5.63. The number of likely N-dealkylation sites (tertiary alicyclic amines) is 1. The summed E-state index contributed by atoms with van der Waals surface area (Å²) in [6, 6.07) is 13.8. The number of carbonyl (C=O) groups excluding carboxylic acids is 1. The van der Waals surface area contributed by atoms with Crippen molar-refractivity contribution in [3.8, 4) is 5.75 Å². The maximum atomic E-state index is 13.0. The van der Waals surface area contributed by atoms with Crippen LogP contribution in [0.1, 0.15) is 36.2 Å². The first-order chi connectivity index (χ1) is 15.9. The van der Waals surface area contributed by atoms with E-state index in [2.05, 4.69) is 27.7 Å². The molecule has 2 aromatic carbocycles. The van der Waals surface area contributed by atoms with Crippen molar-refractivity contribution >= 4 is 28.4 Å². The molecule has 5 rings (SSSR count). The molecule has 3 heterocycles. The Morgan fingerprint density at radius 2 is 1.91 bits per heavy atom. The highest BCUT2D eigenvalue weighted by Crippen LogP contribution is 2.50. The van der Waals surface area contributed by atoms with E-state index in [0.717, 1.165) is 41.6 Å². The first-order valence-electron chi connectivity index (χ1n) is 11.4. The average Bonchev–Trinajstić information content (AvgIpc) is 3.11. The van der Waals surface area contributed by atoms with Crippen LogP contribution in [0.3, 0.4) is 0 Å². The smallest absolute Gasteiger partial charge is 0.222 e. The van der Waals surface area contributed by atoms with Crippen LogP contribution in [0.5, 0.6) is 5.75 Å². The van der Waals surface area contributed by atoms with E-state index >= 15 is 0 Å². The van der Waals surface area contributed by atoms with Crippen LogP contribution in [0.2, 0.25) is 5.02 Å². The Bertz CT molecular complexity index is 1200. The van der Waals surface area contributed by atoms with Crippen molar-refractivity contribution in [3.05, 3.63) is 64.3 Å². The van der Waals surface area contributed by atoms with Crippen LogP contribution in [0, 0.1) is 0 Å². The van der Waals surface area contributed by atoms with E-state index < -0.39 is 0 Å². The van der Waals surface area contributed by atoms with E-state index in [0.29, 0.717) is 13.0 Å². The molecule has 0 saturated carbocycles. The van der Waals surface area contributed by atoms with Crippen molar-refractivity contribution in [2.24, 2.45) is 7.05 Å². The molecular weight excluding hydrogens is 438 g/mol. The van der Waals surface area contributed by atoms with Gasteiger partial charge in [0, 0.05) is 67.2 Å². The predicted molar refractivity (Wildman–Crippen MR) is 130 cm³/mol. The van der Waals surface area contributed by atoms with Gasteiger partial charge in [-0.3, -0.25) is 9.69 Å². The first kappa shape index (κ1) is 22.3. The van der Waals surface area contributed by atoms with Gasteiger partial charge in [-0.25, -0.2) is 0 Å². The van der Waals surface area contributed by atoms with Gasteiger partial charge in [0.1, 0.15) is 5.75 Å². The number of carbonyl (C=O) groups is 1. The van der Waals surface area contributed by atoms with E-state index in [-0.39, 0.29) is 24.0 Å². The lowest BCUT2D eigenvalue weighted by atomic mass is 9.68. The minimum absolute atomic E-state index is 0.0815. The molecule has 1 amide bonds. The predicted octanol–water partition coefficient (Wildman–Crippen LogP) is 3.88. The molecule has 0 aliphatic carbocycles. The number of aliphatic hydroxyl groups excluding tert-OH is 1. The summed E-state index contributed by atoms with van der Waals surface area (Å²) in [5.74, 6) is 0.882. The monoisotopic (exact) mass is 467 g/mol. The largest absolute Gasteiger partial charge is 0.497 e. The molecule has 1 aromatic heterocycles. The number of fused-ring (bicyclic) bond motifs is 4. The summed E-state index contributed by atoms with van der Waals surface area (Å²) in [4.78, 5) is 17.3. The van der Waals surface area contributed by atoms with Gasteiger partial charge in [0.2, 0.25) is 5.91 Å². The molecule has 0 unspecified atom stereocenters. The van der Waals surface area contributed by atoms with Crippen LogP contribution in [-0.4, -0.2) is 58.7 Å². The zero-order valence-corrected chi connectivity index (χ0v) is 20.1. The highest BCUT2D eigenvalue weighted by atomic mass is 35.5. The van der Waals surface area contributed by atoms with Crippen molar-refractivity contribution in [2.45, 2.75) is 31.3 Å². The molecule has 0 radical (unpaired) electrons. The number of benzene rings is 2. The lowest BCUT2D eigenvalue weighted by Crippen LogP contribution is -2.66. The second-order valence-corrected chi connectivity index (χ2v) is 9.76. The van der Waals surface area contributed by atoms with Gasteiger partial charge >= 0.3 is 0 Å². The molecule has 33 heavy (non-hydrogen) atoms. The number of aromatic nitrogens is 1. The fourth-order valence-corrected chi connectivity index (χ4v) is 5.98. The van der Waals surface area contributed by atoms with E-state index in [1.54, 1.807) is 7.11 Å². The summed E-state index contributed by atoms with van der Waals surface area (Å²) in [7, 11) is 3.70. The van der Waals surface area contributed by atoms with E-state index in [1.807, 2.05) is 43.1 Å². The second kappa shape index (κ2) is 8.35. The van der Waals surface area contributed by atoms with Crippen molar-refractivity contribution in [1.82, 2.24) is 14.4 Å². The Morgan fingerprint density at radius 3 is 2.55 bits per heavy atom. The van der Waals surface area contributed by atoms with Crippen LogP contribution < -0.4 is 4.74 Å². The molecule has 1 saturated heterocycles. The Labute approximate surface area is 199 Å². The minimum atomic E-state index is -0.341. The third-order valence-corrected chi connectivity index (χ3v) is 7.57. The molecule has 1 fully saturated rings. The summed E-state index contributed by atoms with van der Waals surface area (Å²) < 4.78 is 7.62. The van der Waals surface area contributed by atoms with Crippen LogP contribution >= 0.6 is 11.6 Å². The highest BCUT2D eigenvalue weighted by Gasteiger charge is 2.53. The molecule has 3 aromatic rings. The normalized spacial score (nSPS) is 19.5. The molecule has 1 atom stereocenters. The van der Waals surface area contributed by atoms with Gasteiger partial charge in [-0.15, -0.1) is 0 Å². The van der Waals surface area contributed by atoms with Crippen LogP contribution in [-0.2, 0) is 23.8 Å². The molecular formula is C26H30ClN3O3. The molecule has 2 aliphatic rings. The number of ether oxygens (including phenoxy) is 1. The third-order valence-electron chi connectivity index (χ3n) is 7.32. The average molecular weight is 468 g/mol. The standard InChI is InChI=1S/C26H30ClN3O3/c1-4-23(32)30-16-26(14-29(15-26)12-17-5-7-18(27)8-6-17)24-20-10-9-19(33-3)11-21(20)28(2)25(24)22(30)13-31/h5-11,22,31H,4,12-16H2,1-3H3/t22-/m0/s1. The number of methoxy groups -OCH3 is 1. The van der Waals surface area contributed by atoms with Gasteiger partial charge in [-0.05, 0) is 35.4 Å². The number of hydrogen-bond acceptors (Lipinski definition) is 4. The van der Waals surface area contributed by atoms with Crippen molar-refractivity contribution in [1.29, 1.82) is 0 Å². The quantitative estimate of drug-likeness (QED) is 0.618. The summed E-state index contributed by atoms with van der Waals surface area (Å²) >= 11 is 6.05. The third kappa shape index (κ3) is 3.52. The number of halogens is 1. The van der Waals surface area contributed by atoms with E-state index in [9.17, 15) is 9.90 Å². The van der Waals surface area contributed by atoms with Gasteiger partial charge in [-0.2, -0.15) is 0 Å². The molecule has 1 N–H and O–H groups in total. The molecule has 0 bridgehead atoms. The molecule has 7 heteroatoms. The van der Waals surface area contributed by atoms with Crippen molar-refractivity contribution in [2.75, 3.05) is 33.4 Å². The van der Waals surface area contributed by atoms with Gasteiger partial charge in [-0.1, -0.05) is 30.7 Å². The SMILES string of the molecule is CCC(=O)N1CC2(CN(Cc3ccc(Cl)cc3)C2)c2c(n(C)c3cc(OC)ccc23)[C@@H]1CO. The zero-order valence-electron chi connectivity index (χ0n) is 19.3. The van der Waals surface area contributed by atoms with Crippen LogP contribution in [0.25, 0.3) is 10.9 Å². The number of rotatable bonds is 5. The van der Waals surface area contributed by atoms with Gasteiger partial charge in [0.05, 0.1) is 25.3 Å². The van der Waals surface area contributed by atoms with E-state index in [1.165, 1.54) is 16.5 Å². The van der Waals surface area contributed by atoms with Gasteiger partial charge in [0.25, 0.3) is 0 Å². The number of hydrogen-bond donors (Lipinski definition) is 1. The van der Waals surface area contributed by atoms with Gasteiger partial charge < -0.3 is 19.3 Å². The summed E-state index contributed by atoms with van der Waals surface area (Å²) in [6.45, 7) is 4.99. The zero-order chi connectivity index (χ0) is 23.3. The lowest BCUT2D eigenvalue weighted by molar-refractivity contribution is -0.138. The van der Waals surface area contributed by atoms with Crippen LogP contribution in [0.15, 0.2) is 42.5 Å². The number of nitrogens with zero attached hydrogens (tertiary/aromatic N) is 3. The maximum absolute atomic E-state index is 13.0. The lowest BCUT2D eigenvalue weighted by Gasteiger charge is -2.56. The van der Waals surface area contributed by atoms with E-state index in [4.69, 9.17) is 16.3 Å². The Hall–Kier alpha value is -2.54. The molecule has 6 nitrogen and oxygen atoms in total. The molecule has 1 spiro atoms. The molecule has 174 valence electrons. The topological polar surface area (TPSA) is 57.9 Å². The Balaban J connectivity index is 1.58. The fraction of sp³-hybridized carbons (Fsp3) is 0.423. The fourth-order valence-electron chi connectivity index (χ4n) is 5.85. The summed E-state index contributed by atoms with van der Waals surface area (Å²) in [6.07, 6.45) is 0.425. The minimum Gasteiger partial charge on any atom is -0.497 e. The summed E-state index contributed by atoms with van der Waals surface area (Å²) in [5, 5.41) is 12.3. The first-order valence-corrected chi connectivity index (χ1v) is 11.8. The maximum Gasteiger partial charge on any atom is 0.222 e. The number of amides is 1. The Morgan fingerprint density at radius 1 is 1.18 bits per heavy atom. The highest BCUT2D eigenvalue weighted by molar-refractivity contribution is 6.30. The number of aryl methyl sites for hydroxylation is 1.